The molecule has 0 aliphatic carbocycles. The summed E-state index contributed by atoms with van der Waals surface area (Å²) in [5.41, 5.74) is 1.30. The van der Waals surface area contributed by atoms with Crippen LogP contribution >= 0.6 is 0 Å². The fourth-order valence-corrected chi connectivity index (χ4v) is 3.25. The molecule has 2 aromatic rings. The molecule has 1 aliphatic heterocycles. The lowest BCUT2D eigenvalue weighted by atomic mass is 10.1. The third kappa shape index (κ3) is 4.06. The topological polar surface area (TPSA) is 40.5 Å². The van der Waals surface area contributed by atoms with Gasteiger partial charge in [-0.05, 0) is 30.3 Å². The number of benzene rings is 1. The van der Waals surface area contributed by atoms with Crippen LogP contribution in [0.5, 0.6) is 11.5 Å². The standard InChI is InChI=1S/C18H24N2O3/c1-21-17-6-5-15(12-18(17)22-2)13-19-7-9-20(10-8-19)14-16-4-3-11-23-16/h3-6,11-12H,7-10,13-14H2,1-2H3/p+2. The number of nitrogens with one attached hydrogen (secondary N) is 2. The van der Waals surface area contributed by atoms with Gasteiger partial charge in [0.25, 0.3) is 0 Å². The van der Waals surface area contributed by atoms with Crippen molar-refractivity contribution in [1.29, 1.82) is 0 Å². The van der Waals surface area contributed by atoms with Crippen LogP contribution in [0.25, 0.3) is 0 Å². The molecule has 1 fully saturated rings. The van der Waals surface area contributed by atoms with Gasteiger partial charge in [0.1, 0.15) is 39.3 Å². The highest BCUT2D eigenvalue weighted by molar-refractivity contribution is 5.42. The number of furan rings is 1. The van der Waals surface area contributed by atoms with Crippen molar-refractivity contribution in [2.75, 3.05) is 40.4 Å². The summed E-state index contributed by atoms with van der Waals surface area (Å²) >= 11 is 0. The van der Waals surface area contributed by atoms with Crippen molar-refractivity contribution in [3.63, 3.8) is 0 Å². The Morgan fingerprint density at radius 2 is 1.61 bits per heavy atom. The molecule has 5 heteroatoms. The summed E-state index contributed by atoms with van der Waals surface area (Å²) in [5, 5.41) is 0. The average Bonchev–Trinajstić information content (AvgIpc) is 3.09. The van der Waals surface area contributed by atoms with E-state index in [9.17, 15) is 0 Å². The zero-order valence-corrected chi connectivity index (χ0v) is 13.9. The number of rotatable bonds is 6. The van der Waals surface area contributed by atoms with E-state index in [0.717, 1.165) is 30.3 Å². The van der Waals surface area contributed by atoms with E-state index in [2.05, 4.69) is 18.2 Å². The molecule has 0 spiro atoms. The van der Waals surface area contributed by atoms with Crippen LogP contribution in [0.3, 0.4) is 0 Å². The van der Waals surface area contributed by atoms with Gasteiger partial charge in [0, 0.05) is 5.56 Å². The van der Waals surface area contributed by atoms with Crippen LogP contribution in [-0.4, -0.2) is 40.4 Å². The van der Waals surface area contributed by atoms with Crippen molar-refractivity contribution in [2.45, 2.75) is 13.1 Å². The van der Waals surface area contributed by atoms with Crippen molar-refractivity contribution >= 4 is 0 Å². The number of piperazine rings is 1. The molecule has 0 unspecified atom stereocenters. The summed E-state index contributed by atoms with van der Waals surface area (Å²) in [5.74, 6) is 2.69. The molecule has 124 valence electrons. The molecule has 2 heterocycles. The third-order valence-electron chi connectivity index (χ3n) is 4.57. The molecular weight excluding hydrogens is 292 g/mol. The Kier molecular flexibility index (Phi) is 5.20. The maximum Gasteiger partial charge on any atom is 0.161 e. The van der Waals surface area contributed by atoms with E-state index >= 15 is 0 Å². The van der Waals surface area contributed by atoms with Crippen LogP contribution in [0.2, 0.25) is 0 Å². The molecule has 5 nitrogen and oxygen atoms in total. The summed E-state index contributed by atoms with van der Waals surface area (Å²) < 4.78 is 16.1. The van der Waals surface area contributed by atoms with Crippen molar-refractivity contribution in [2.24, 2.45) is 0 Å². The Morgan fingerprint density at radius 1 is 0.913 bits per heavy atom. The Bertz CT molecular complexity index is 605. The predicted molar refractivity (Wildman–Crippen MR) is 87.1 cm³/mol. The first kappa shape index (κ1) is 15.9. The molecule has 0 saturated carbocycles. The molecule has 2 N–H and O–H groups in total. The molecule has 0 amide bonds. The van der Waals surface area contributed by atoms with Crippen molar-refractivity contribution in [3.05, 3.63) is 47.9 Å². The Hall–Kier alpha value is -1.98. The van der Waals surface area contributed by atoms with Gasteiger partial charge in [-0.25, -0.2) is 0 Å². The van der Waals surface area contributed by atoms with E-state index in [1.807, 2.05) is 12.1 Å². The third-order valence-corrected chi connectivity index (χ3v) is 4.57. The molecule has 0 atom stereocenters. The molecule has 1 aromatic heterocycles. The minimum atomic E-state index is 0.791. The van der Waals surface area contributed by atoms with E-state index in [1.165, 1.54) is 31.7 Å². The normalized spacial score (nSPS) is 21.1. The highest BCUT2D eigenvalue weighted by Gasteiger charge is 2.24. The minimum Gasteiger partial charge on any atom is -0.493 e. The lowest BCUT2D eigenvalue weighted by Crippen LogP contribution is -3.27. The van der Waals surface area contributed by atoms with E-state index in [0.29, 0.717) is 0 Å². The summed E-state index contributed by atoms with van der Waals surface area (Å²) in [6.07, 6.45) is 1.76. The molecule has 0 bridgehead atoms. The second-order valence-corrected chi connectivity index (χ2v) is 6.12. The lowest BCUT2D eigenvalue weighted by Gasteiger charge is -2.29. The first-order chi connectivity index (χ1) is 11.3. The minimum absolute atomic E-state index is 0.791. The lowest BCUT2D eigenvalue weighted by molar-refractivity contribution is -1.02. The Morgan fingerprint density at radius 3 is 2.22 bits per heavy atom. The van der Waals surface area contributed by atoms with E-state index < -0.39 is 0 Å². The van der Waals surface area contributed by atoms with Gasteiger partial charge in [-0.2, -0.15) is 0 Å². The fraction of sp³-hybridized carbons (Fsp3) is 0.444. The molecule has 1 aromatic carbocycles. The van der Waals surface area contributed by atoms with Crippen molar-refractivity contribution in [3.8, 4) is 11.5 Å². The largest absolute Gasteiger partial charge is 0.493 e. The first-order valence-electron chi connectivity index (χ1n) is 8.19. The van der Waals surface area contributed by atoms with Crippen LogP contribution in [-0.2, 0) is 13.1 Å². The average molecular weight is 318 g/mol. The van der Waals surface area contributed by atoms with Crippen molar-refractivity contribution < 1.29 is 23.7 Å². The molecule has 1 aliphatic rings. The SMILES string of the molecule is COc1ccc(C[NH+]2CC[NH+](Cc3ccco3)CC2)cc1OC. The van der Waals surface area contributed by atoms with Crippen LogP contribution in [0.4, 0.5) is 0 Å². The van der Waals surface area contributed by atoms with Gasteiger partial charge >= 0.3 is 0 Å². The van der Waals surface area contributed by atoms with Gasteiger partial charge in [0.15, 0.2) is 17.3 Å². The monoisotopic (exact) mass is 318 g/mol. The van der Waals surface area contributed by atoms with Crippen LogP contribution in [0.15, 0.2) is 41.0 Å². The number of hydrogen-bond acceptors (Lipinski definition) is 3. The Labute approximate surface area is 137 Å². The summed E-state index contributed by atoms with van der Waals surface area (Å²) in [6.45, 7) is 6.77. The molecular formula is C18H26N2O3+2. The zero-order valence-electron chi connectivity index (χ0n) is 13.9. The first-order valence-corrected chi connectivity index (χ1v) is 8.19. The van der Waals surface area contributed by atoms with Gasteiger partial charge in [-0.3, -0.25) is 0 Å². The summed E-state index contributed by atoms with van der Waals surface area (Å²) in [4.78, 5) is 3.23. The van der Waals surface area contributed by atoms with Gasteiger partial charge in [-0.15, -0.1) is 0 Å². The van der Waals surface area contributed by atoms with E-state index in [1.54, 1.807) is 30.3 Å². The zero-order chi connectivity index (χ0) is 16.1. The quantitative estimate of drug-likeness (QED) is 0.774. The van der Waals surface area contributed by atoms with Crippen LogP contribution in [0, 0.1) is 0 Å². The molecule has 0 radical (unpaired) electrons. The fourth-order valence-electron chi connectivity index (χ4n) is 3.25. The van der Waals surface area contributed by atoms with Crippen LogP contribution in [0.1, 0.15) is 11.3 Å². The number of hydrogen-bond donors (Lipinski definition) is 2. The van der Waals surface area contributed by atoms with E-state index in [-0.39, 0.29) is 0 Å². The maximum atomic E-state index is 5.45. The summed E-state index contributed by atoms with van der Waals surface area (Å²) in [7, 11) is 3.36. The highest BCUT2D eigenvalue weighted by Crippen LogP contribution is 2.27. The smallest absolute Gasteiger partial charge is 0.161 e. The van der Waals surface area contributed by atoms with Gasteiger partial charge < -0.3 is 23.7 Å². The number of ether oxygens (including phenoxy) is 2. The number of methoxy groups -OCH3 is 2. The van der Waals surface area contributed by atoms with Gasteiger partial charge in [0.05, 0.1) is 20.5 Å². The number of quaternary nitrogens is 2. The van der Waals surface area contributed by atoms with Gasteiger partial charge in [0.2, 0.25) is 0 Å². The molecule has 23 heavy (non-hydrogen) atoms. The van der Waals surface area contributed by atoms with Gasteiger partial charge in [-0.1, -0.05) is 0 Å². The Balaban J connectivity index is 1.52. The maximum absolute atomic E-state index is 5.45. The van der Waals surface area contributed by atoms with Crippen molar-refractivity contribution in [1.82, 2.24) is 0 Å². The predicted octanol–water partition coefficient (Wildman–Crippen LogP) is -0.220. The van der Waals surface area contributed by atoms with Crippen LogP contribution < -0.4 is 19.3 Å². The molecule has 3 rings (SSSR count). The molecule has 1 saturated heterocycles. The summed E-state index contributed by atoms with van der Waals surface area (Å²) in [6, 6.07) is 10.2. The second kappa shape index (κ2) is 7.53. The highest BCUT2D eigenvalue weighted by atomic mass is 16.5. The van der Waals surface area contributed by atoms with E-state index in [4.69, 9.17) is 13.9 Å². The second-order valence-electron chi connectivity index (χ2n) is 6.12.